The number of nitrogens with zero attached hydrogens (tertiary/aromatic N) is 1. The van der Waals surface area contributed by atoms with Gasteiger partial charge in [-0.1, -0.05) is 0 Å². The number of sulfonamides is 1. The van der Waals surface area contributed by atoms with E-state index in [2.05, 4.69) is 4.74 Å². The van der Waals surface area contributed by atoms with Crippen molar-refractivity contribution in [1.29, 1.82) is 0 Å². The fraction of sp³-hybridized carbons (Fsp3) is 0.364. The van der Waals surface area contributed by atoms with E-state index in [0.29, 0.717) is 16.4 Å². The highest BCUT2D eigenvalue weighted by molar-refractivity contribution is 7.89. The highest BCUT2D eigenvalue weighted by atomic mass is 32.2. The van der Waals surface area contributed by atoms with Gasteiger partial charge in [-0.15, -0.1) is 0 Å². The molecule has 0 aromatic heterocycles. The zero-order chi connectivity index (χ0) is 15.5. The Morgan fingerprint density at radius 3 is 2.40 bits per heavy atom. The van der Waals surface area contributed by atoms with E-state index in [1.807, 2.05) is 0 Å². The second-order valence-corrected chi connectivity index (χ2v) is 5.75. The zero-order valence-corrected chi connectivity index (χ0v) is 11.5. The smallest absolute Gasteiger partial charge is 0.321 e. The molecule has 0 radical (unpaired) electrons. The molecule has 20 heavy (non-hydrogen) atoms. The Balaban J connectivity index is 3.11. The molecule has 0 fully saturated rings. The van der Waals surface area contributed by atoms with Crippen LogP contribution < -0.4 is 0 Å². The molecule has 0 saturated carbocycles. The van der Waals surface area contributed by atoms with Gasteiger partial charge in [0, 0.05) is 7.05 Å². The highest BCUT2D eigenvalue weighted by Gasteiger charge is 2.29. The van der Waals surface area contributed by atoms with Gasteiger partial charge in [0.1, 0.15) is 11.4 Å². The Kier molecular flexibility index (Phi) is 5.12. The van der Waals surface area contributed by atoms with Crippen LogP contribution in [0.5, 0.6) is 0 Å². The van der Waals surface area contributed by atoms with Gasteiger partial charge in [-0.3, -0.25) is 4.79 Å². The van der Waals surface area contributed by atoms with E-state index in [9.17, 15) is 26.4 Å². The molecule has 1 aromatic rings. The fourth-order valence-electron chi connectivity index (χ4n) is 1.35. The van der Waals surface area contributed by atoms with Gasteiger partial charge >= 0.3 is 5.97 Å². The van der Waals surface area contributed by atoms with E-state index in [0.717, 1.165) is 7.05 Å². The predicted molar refractivity (Wildman–Crippen MR) is 62.8 cm³/mol. The first kappa shape index (κ1) is 16.4. The van der Waals surface area contributed by atoms with E-state index < -0.39 is 44.9 Å². The van der Waals surface area contributed by atoms with Gasteiger partial charge in [-0.05, 0) is 19.1 Å². The SMILES string of the molecule is CCOC(=O)CN(C)S(=O)(=O)c1ccc(F)c(F)c1F. The van der Waals surface area contributed by atoms with Crippen molar-refractivity contribution >= 4 is 16.0 Å². The van der Waals surface area contributed by atoms with Gasteiger partial charge in [0.25, 0.3) is 0 Å². The van der Waals surface area contributed by atoms with Gasteiger partial charge in [0.05, 0.1) is 6.61 Å². The van der Waals surface area contributed by atoms with Crippen molar-refractivity contribution in [2.75, 3.05) is 20.2 Å². The molecule has 0 aliphatic rings. The van der Waals surface area contributed by atoms with Crippen LogP contribution in [-0.4, -0.2) is 38.9 Å². The second kappa shape index (κ2) is 6.23. The minimum absolute atomic E-state index is 0.0479. The topological polar surface area (TPSA) is 63.7 Å². The molecule has 0 atom stereocenters. The van der Waals surface area contributed by atoms with Crippen LogP contribution in [0.15, 0.2) is 17.0 Å². The van der Waals surface area contributed by atoms with Gasteiger partial charge < -0.3 is 4.74 Å². The van der Waals surface area contributed by atoms with Crippen LogP contribution in [0.2, 0.25) is 0 Å². The highest BCUT2D eigenvalue weighted by Crippen LogP contribution is 2.22. The number of esters is 1. The lowest BCUT2D eigenvalue weighted by Gasteiger charge is -2.16. The molecule has 0 amide bonds. The summed E-state index contributed by atoms with van der Waals surface area (Å²) in [4.78, 5) is 10.1. The predicted octanol–water partition coefficient (Wildman–Crippen LogP) is 1.29. The van der Waals surface area contributed by atoms with Crippen molar-refractivity contribution < 1.29 is 31.1 Å². The summed E-state index contributed by atoms with van der Waals surface area (Å²) in [7, 11) is -3.48. The minimum atomic E-state index is -4.47. The number of ether oxygens (including phenoxy) is 1. The number of carbonyl (C=O) groups is 1. The van der Waals surface area contributed by atoms with Crippen molar-refractivity contribution in [3.05, 3.63) is 29.6 Å². The quantitative estimate of drug-likeness (QED) is 0.607. The third-order valence-electron chi connectivity index (χ3n) is 2.35. The molecule has 0 bridgehead atoms. The summed E-state index contributed by atoms with van der Waals surface area (Å²) in [6.45, 7) is 0.905. The average molecular weight is 311 g/mol. The second-order valence-electron chi connectivity index (χ2n) is 3.74. The molecule has 0 aliphatic heterocycles. The maximum Gasteiger partial charge on any atom is 0.321 e. The van der Waals surface area contributed by atoms with E-state index in [4.69, 9.17) is 0 Å². The lowest BCUT2D eigenvalue weighted by atomic mass is 10.3. The lowest BCUT2D eigenvalue weighted by Crippen LogP contribution is -2.33. The summed E-state index contributed by atoms with van der Waals surface area (Å²) < 4.78 is 68.2. The molecule has 0 unspecified atom stereocenters. The summed E-state index contributed by atoms with van der Waals surface area (Å²) in [5.41, 5.74) is 0. The third-order valence-corrected chi connectivity index (χ3v) is 4.17. The summed E-state index contributed by atoms with van der Waals surface area (Å²) in [5.74, 6) is -6.08. The van der Waals surface area contributed by atoms with Gasteiger partial charge in [-0.25, -0.2) is 21.6 Å². The number of carbonyl (C=O) groups excluding carboxylic acids is 1. The molecule has 1 rings (SSSR count). The van der Waals surface area contributed by atoms with Crippen LogP contribution in [0, 0.1) is 17.5 Å². The van der Waals surface area contributed by atoms with Crippen molar-refractivity contribution in [2.45, 2.75) is 11.8 Å². The number of benzene rings is 1. The summed E-state index contributed by atoms with van der Waals surface area (Å²) in [5, 5.41) is 0. The molecule has 0 N–H and O–H groups in total. The number of rotatable bonds is 5. The van der Waals surface area contributed by atoms with Crippen molar-refractivity contribution in [3.63, 3.8) is 0 Å². The van der Waals surface area contributed by atoms with Gasteiger partial charge in [0.2, 0.25) is 10.0 Å². The Morgan fingerprint density at radius 1 is 1.25 bits per heavy atom. The normalized spacial score (nSPS) is 11.7. The monoisotopic (exact) mass is 311 g/mol. The van der Waals surface area contributed by atoms with Crippen molar-refractivity contribution in [3.8, 4) is 0 Å². The molecule has 0 heterocycles. The average Bonchev–Trinajstić information content (AvgIpc) is 2.35. The van der Waals surface area contributed by atoms with Crippen LogP contribution in [0.3, 0.4) is 0 Å². The standard InChI is InChI=1S/C11H12F3NO4S/c1-3-19-9(16)6-15(2)20(17,18)8-5-4-7(12)10(13)11(8)14/h4-5H,3,6H2,1-2H3. The fourth-order valence-corrected chi connectivity index (χ4v) is 2.52. The van der Waals surface area contributed by atoms with E-state index in [1.165, 1.54) is 6.92 Å². The number of hydrogen-bond acceptors (Lipinski definition) is 4. The maximum absolute atomic E-state index is 13.5. The van der Waals surface area contributed by atoms with E-state index in [1.54, 1.807) is 0 Å². The summed E-state index contributed by atoms with van der Waals surface area (Å²) >= 11 is 0. The largest absolute Gasteiger partial charge is 0.465 e. The van der Waals surface area contributed by atoms with E-state index in [-0.39, 0.29) is 6.61 Å². The molecule has 0 saturated heterocycles. The summed E-state index contributed by atoms with van der Waals surface area (Å²) in [6, 6.07) is 1.08. The van der Waals surface area contributed by atoms with Gasteiger partial charge in [-0.2, -0.15) is 4.31 Å². The molecule has 1 aromatic carbocycles. The van der Waals surface area contributed by atoms with Gasteiger partial charge in [0.15, 0.2) is 17.5 Å². The summed E-state index contributed by atoms with van der Waals surface area (Å²) in [6.07, 6.45) is 0. The Labute approximate surface area is 114 Å². The molecule has 112 valence electrons. The number of halogens is 3. The molecule has 5 nitrogen and oxygen atoms in total. The number of hydrogen-bond donors (Lipinski definition) is 0. The van der Waals surface area contributed by atoms with Crippen LogP contribution in [0.4, 0.5) is 13.2 Å². The number of likely N-dealkylation sites (N-methyl/N-ethyl adjacent to an activating group) is 1. The van der Waals surface area contributed by atoms with Crippen LogP contribution >= 0.6 is 0 Å². The lowest BCUT2D eigenvalue weighted by molar-refractivity contribution is -0.143. The first-order valence-corrected chi connectivity index (χ1v) is 6.91. The minimum Gasteiger partial charge on any atom is -0.465 e. The Bertz CT molecular complexity index is 618. The molecule has 9 heteroatoms. The first-order chi connectivity index (χ1) is 9.21. The zero-order valence-electron chi connectivity index (χ0n) is 10.7. The van der Waals surface area contributed by atoms with E-state index >= 15 is 0 Å². The molecular weight excluding hydrogens is 299 g/mol. The van der Waals surface area contributed by atoms with Crippen LogP contribution in [0.1, 0.15) is 6.92 Å². The van der Waals surface area contributed by atoms with Crippen molar-refractivity contribution in [2.24, 2.45) is 0 Å². The van der Waals surface area contributed by atoms with Crippen molar-refractivity contribution in [1.82, 2.24) is 4.31 Å². The molecule has 0 aliphatic carbocycles. The third kappa shape index (κ3) is 3.28. The Morgan fingerprint density at radius 2 is 1.85 bits per heavy atom. The maximum atomic E-state index is 13.5. The Hall–Kier alpha value is -1.61. The van der Waals surface area contributed by atoms with Crippen LogP contribution in [-0.2, 0) is 19.6 Å². The first-order valence-electron chi connectivity index (χ1n) is 5.47. The van der Waals surface area contributed by atoms with Crippen LogP contribution in [0.25, 0.3) is 0 Å². The molecular formula is C11H12F3NO4S. The molecule has 0 spiro atoms.